The standard InChI is InChI=1S/C9H10.C7H8.H2/c1-2-6-9-7-4-3-5-8-9;1-7-5-3-2-4-6-7;/h2-8H,1H3;2-6H,1H3;1H/b6-2-;;. The number of hydrogen-bond donors (Lipinski definition) is 0. The van der Waals surface area contributed by atoms with Crippen LogP contribution in [0.15, 0.2) is 66.7 Å². The van der Waals surface area contributed by atoms with Crippen molar-refractivity contribution in [1.82, 2.24) is 0 Å². The second-order valence-electron chi connectivity index (χ2n) is 3.57. The highest BCUT2D eigenvalue weighted by molar-refractivity contribution is 5.47. The number of aryl methyl sites for hydroxylation is 1. The molecule has 0 fully saturated rings. The van der Waals surface area contributed by atoms with Gasteiger partial charge in [-0.15, -0.1) is 0 Å². The van der Waals surface area contributed by atoms with Crippen LogP contribution in [0.4, 0.5) is 0 Å². The van der Waals surface area contributed by atoms with E-state index in [1.54, 1.807) is 0 Å². The van der Waals surface area contributed by atoms with Crippen LogP contribution in [0.5, 0.6) is 0 Å². The molecule has 0 bridgehead atoms. The molecule has 0 saturated carbocycles. The predicted octanol–water partition coefficient (Wildman–Crippen LogP) is 4.96. The maximum atomic E-state index is 2.08. The monoisotopic (exact) mass is 212 g/mol. The smallest absolute Gasteiger partial charge is 0 e. The Morgan fingerprint density at radius 2 is 1.31 bits per heavy atom. The maximum absolute atomic E-state index is 2.08. The van der Waals surface area contributed by atoms with Gasteiger partial charge in [0.15, 0.2) is 0 Å². The first-order valence-corrected chi connectivity index (χ1v) is 5.52. The average Bonchev–Trinajstić information content (AvgIpc) is 2.33. The molecule has 0 spiro atoms. The van der Waals surface area contributed by atoms with Crippen molar-refractivity contribution in [2.45, 2.75) is 13.8 Å². The van der Waals surface area contributed by atoms with E-state index in [9.17, 15) is 0 Å². The molecule has 0 heteroatoms. The molecular weight excluding hydrogens is 192 g/mol. The highest BCUT2D eigenvalue weighted by Gasteiger charge is 1.77. The lowest BCUT2D eigenvalue weighted by molar-refractivity contribution is 1.48. The summed E-state index contributed by atoms with van der Waals surface area (Å²) in [6.45, 7) is 4.10. The molecule has 0 radical (unpaired) electrons. The molecule has 0 aliphatic carbocycles. The Bertz CT molecular complexity index is 404. The van der Waals surface area contributed by atoms with E-state index < -0.39 is 0 Å². The fourth-order valence-electron chi connectivity index (χ4n) is 1.29. The third kappa shape index (κ3) is 5.16. The van der Waals surface area contributed by atoms with E-state index in [1.165, 1.54) is 11.1 Å². The van der Waals surface area contributed by atoms with Crippen LogP contribution >= 0.6 is 0 Å². The van der Waals surface area contributed by atoms with E-state index >= 15 is 0 Å². The first-order valence-electron chi connectivity index (χ1n) is 5.52. The summed E-state index contributed by atoms with van der Waals surface area (Å²) in [6.07, 6.45) is 4.12. The van der Waals surface area contributed by atoms with Crippen LogP contribution in [0.25, 0.3) is 6.08 Å². The summed E-state index contributed by atoms with van der Waals surface area (Å²) in [5, 5.41) is 0. The van der Waals surface area contributed by atoms with Gasteiger partial charge in [-0.05, 0) is 19.4 Å². The molecule has 0 aliphatic heterocycles. The zero-order chi connectivity index (χ0) is 11.6. The Labute approximate surface area is 99.7 Å². The summed E-state index contributed by atoms with van der Waals surface area (Å²) >= 11 is 0. The molecule has 0 atom stereocenters. The molecule has 2 aromatic rings. The van der Waals surface area contributed by atoms with Gasteiger partial charge < -0.3 is 0 Å². The summed E-state index contributed by atoms with van der Waals surface area (Å²) in [5.41, 5.74) is 2.59. The molecule has 0 heterocycles. The normalized spacial score (nSPS) is 9.62. The van der Waals surface area contributed by atoms with Gasteiger partial charge in [-0.25, -0.2) is 0 Å². The van der Waals surface area contributed by atoms with Crippen molar-refractivity contribution < 1.29 is 1.43 Å². The van der Waals surface area contributed by atoms with Gasteiger partial charge in [-0.3, -0.25) is 0 Å². The molecule has 2 aromatic carbocycles. The number of allylic oxidation sites excluding steroid dienone is 1. The lowest BCUT2D eigenvalue weighted by atomic mass is 10.2. The van der Waals surface area contributed by atoms with Gasteiger partial charge in [0, 0.05) is 1.43 Å². The van der Waals surface area contributed by atoms with Crippen molar-refractivity contribution in [3.05, 3.63) is 77.9 Å². The van der Waals surface area contributed by atoms with Crippen LogP contribution in [0.3, 0.4) is 0 Å². The molecular formula is C16H20. The quantitative estimate of drug-likeness (QED) is 0.626. The highest BCUT2D eigenvalue weighted by atomic mass is 13.8. The highest BCUT2D eigenvalue weighted by Crippen LogP contribution is 1.99. The van der Waals surface area contributed by atoms with E-state index in [2.05, 4.69) is 37.3 Å². The van der Waals surface area contributed by atoms with Gasteiger partial charge in [0.1, 0.15) is 0 Å². The van der Waals surface area contributed by atoms with Crippen LogP contribution in [-0.4, -0.2) is 0 Å². The van der Waals surface area contributed by atoms with Crippen LogP contribution in [0.1, 0.15) is 19.5 Å². The third-order valence-electron chi connectivity index (χ3n) is 2.10. The molecule has 0 unspecified atom stereocenters. The zero-order valence-corrected chi connectivity index (χ0v) is 9.93. The largest absolute Gasteiger partial charge is 0.0871 e. The van der Waals surface area contributed by atoms with E-state index in [1.807, 2.05) is 49.4 Å². The first kappa shape index (κ1) is 12.3. The fraction of sp³-hybridized carbons (Fsp3) is 0.125. The van der Waals surface area contributed by atoms with Gasteiger partial charge in [-0.1, -0.05) is 78.4 Å². The summed E-state index contributed by atoms with van der Waals surface area (Å²) < 4.78 is 0. The summed E-state index contributed by atoms with van der Waals surface area (Å²) in [4.78, 5) is 0. The minimum absolute atomic E-state index is 0. The molecule has 0 nitrogen and oxygen atoms in total. The van der Waals surface area contributed by atoms with Gasteiger partial charge >= 0.3 is 0 Å². The summed E-state index contributed by atoms with van der Waals surface area (Å²) in [7, 11) is 0. The van der Waals surface area contributed by atoms with Crippen molar-refractivity contribution in [1.29, 1.82) is 0 Å². The van der Waals surface area contributed by atoms with E-state index in [0.29, 0.717) is 0 Å². The summed E-state index contributed by atoms with van der Waals surface area (Å²) in [5.74, 6) is 0. The molecule has 0 aromatic heterocycles. The second-order valence-corrected chi connectivity index (χ2v) is 3.57. The lowest BCUT2D eigenvalue weighted by Crippen LogP contribution is -1.65. The van der Waals surface area contributed by atoms with Gasteiger partial charge in [0.25, 0.3) is 0 Å². The van der Waals surface area contributed by atoms with Crippen molar-refractivity contribution in [3.8, 4) is 0 Å². The number of hydrogen-bond acceptors (Lipinski definition) is 0. The number of rotatable bonds is 1. The molecule has 0 amide bonds. The molecule has 0 aliphatic rings. The molecule has 0 saturated heterocycles. The van der Waals surface area contributed by atoms with Crippen molar-refractivity contribution in [3.63, 3.8) is 0 Å². The van der Waals surface area contributed by atoms with E-state index in [-0.39, 0.29) is 1.43 Å². The van der Waals surface area contributed by atoms with E-state index in [4.69, 9.17) is 0 Å². The SMILES string of the molecule is C/C=C\c1ccccc1.Cc1ccccc1.[HH]. The van der Waals surface area contributed by atoms with Crippen molar-refractivity contribution in [2.75, 3.05) is 0 Å². The van der Waals surface area contributed by atoms with Crippen LogP contribution in [-0.2, 0) is 0 Å². The van der Waals surface area contributed by atoms with Crippen molar-refractivity contribution >= 4 is 6.08 Å². The molecule has 0 N–H and O–H groups in total. The Balaban J connectivity index is 0.000000292. The molecule has 16 heavy (non-hydrogen) atoms. The van der Waals surface area contributed by atoms with Gasteiger partial charge in [-0.2, -0.15) is 0 Å². The Kier molecular flexibility index (Phi) is 5.72. The molecule has 2 rings (SSSR count). The fourth-order valence-corrected chi connectivity index (χ4v) is 1.29. The zero-order valence-electron chi connectivity index (χ0n) is 9.93. The maximum Gasteiger partial charge on any atom is 0 e. The average molecular weight is 212 g/mol. The van der Waals surface area contributed by atoms with Gasteiger partial charge in [0.2, 0.25) is 0 Å². The predicted molar refractivity (Wildman–Crippen MR) is 74.4 cm³/mol. The Morgan fingerprint density at radius 1 is 0.812 bits per heavy atom. The van der Waals surface area contributed by atoms with Crippen LogP contribution < -0.4 is 0 Å². The minimum Gasteiger partial charge on any atom is -0.0871 e. The third-order valence-corrected chi connectivity index (χ3v) is 2.10. The van der Waals surface area contributed by atoms with Crippen LogP contribution in [0, 0.1) is 6.92 Å². The molecule has 84 valence electrons. The van der Waals surface area contributed by atoms with Crippen LogP contribution in [0.2, 0.25) is 0 Å². The van der Waals surface area contributed by atoms with Gasteiger partial charge in [0.05, 0.1) is 0 Å². The Morgan fingerprint density at radius 3 is 1.69 bits per heavy atom. The first-order chi connectivity index (χ1) is 7.83. The minimum atomic E-state index is 0. The summed E-state index contributed by atoms with van der Waals surface area (Å²) in [6, 6.07) is 20.5. The Hall–Kier alpha value is -1.82. The number of benzene rings is 2. The lowest BCUT2D eigenvalue weighted by Gasteiger charge is -1.86. The topological polar surface area (TPSA) is 0 Å². The second kappa shape index (κ2) is 7.47. The van der Waals surface area contributed by atoms with E-state index in [0.717, 1.165) is 0 Å². The van der Waals surface area contributed by atoms with Crippen molar-refractivity contribution in [2.24, 2.45) is 0 Å².